The van der Waals surface area contributed by atoms with Gasteiger partial charge in [-0.3, -0.25) is 4.90 Å². The number of aliphatic hydroxyl groups excluding tert-OH is 1. The lowest BCUT2D eigenvalue weighted by Gasteiger charge is -2.57. The predicted octanol–water partition coefficient (Wildman–Crippen LogP) is 7.61. The van der Waals surface area contributed by atoms with Crippen molar-refractivity contribution in [1.82, 2.24) is 9.97 Å². The van der Waals surface area contributed by atoms with Gasteiger partial charge in [-0.25, -0.2) is 14.8 Å². The molecule has 4 aliphatic carbocycles. The molecule has 2 heterocycles. The Morgan fingerprint density at radius 2 is 1.31 bits per heavy atom. The average molecular weight is 605 g/mol. The molecule has 0 amide bonds. The van der Waals surface area contributed by atoms with Crippen molar-refractivity contribution in [3.63, 3.8) is 0 Å². The van der Waals surface area contributed by atoms with Crippen molar-refractivity contribution < 1.29 is 19.4 Å². The van der Waals surface area contributed by atoms with E-state index in [1.54, 1.807) is 30.5 Å². The van der Waals surface area contributed by atoms with Crippen molar-refractivity contribution >= 4 is 34.7 Å². The van der Waals surface area contributed by atoms with Crippen LogP contribution in [0.4, 0.5) is 28.7 Å². The molecule has 0 radical (unpaired) electrons. The third kappa shape index (κ3) is 5.57. The van der Waals surface area contributed by atoms with E-state index >= 15 is 0 Å². The predicted molar refractivity (Wildman–Crippen MR) is 174 cm³/mol. The number of esters is 1. The summed E-state index contributed by atoms with van der Waals surface area (Å²) >= 11 is 0. The minimum Gasteiger partial charge on any atom is -0.465 e. The molecule has 0 spiro atoms. The molecule has 4 fully saturated rings. The number of rotatable bonds is 9. The molecule has 2 aromatic heterocycles. The fourth-order valence-corrected chi connectivity index (χ4v) is 8.43. The molecular formula is C37H40N4O4. The van der Waals surface area contributed by atoms with Gasteiger partial charge < -0.3 is 19.5 Å². The number of pyridine rings is 2. The summed E-state index contributed by atoms with van der Waals surface area (Å²) in [6, 6.07) is 24.6. The Kier molecular flexibility index (Phi) is 7.79. The molecule has 2 aromatic carbocycles. The van der Waals surface area contributed by atoms with Gasteiger partial charge in [0.05, 0.1) is 12.7 Å². The molecule has 1 unspecified atom stereocenters. The zero-order valence-corrected chi connectivity index (χ0v) is 26.1. The summed E-state index contributed by atoms with van der Waals surface area (Å²) in [7, 11) is 4.88. The number of carbonyl (C=O) groups is 1. The summed E-state index contributed by atoms with van der Waals surface area (Å²) in [6.45, 7) is 0. The van der Waals surface area contributed by atoms with Crippen molar-refractivity contribution in [2.75, 3.05) is 31.1 Å². The van der Waals surface area contributed by atoms with Gasteiger partial charge in [-0.15, -0.1) is 0 Å². The van der Waals surface area contributed by atoms with Crippen molar-refractivity contribution in [2.45, 2.75) is 50.2 Å². The van der Waals surface area contributed by atoms with Crippen molar-refractivity contribution in [3.05, 3.63) is 102 Å². The van der Waals surface area contributed by atoms with E-state index in [1.807, 2.05) is 17.0 Å². The number of anilines is 5. The molecule has 8 rings (SSSR count). The number of methoxy groups -OCH3 is 2. The molecule has 0 saturated heterocycles. The number of nitrogens with zero attached hydrogens (tertiary/aromatic N) is 4. The van der Waals surface area contributed by atoms with Crippen LogP contribution in [0.15, 0.2) is 85.2 Å². The largest absolute Gasteiger partial charge is 0.465 e. The number of ether oxygens (including phenoxy) is 2. The molecule has 4 aliphatic rings. The summed E-state index contributed by atoms with van der Waals surface area (Å²) in [5.74, 6) is 3.53. The monoisotopic (exact) mass is 604 g/mol. The minimum atomic E-state index is -1.06. The molecule has 0 aliphatic heterocycles. The van der Waals surface area contributed by atoms with Crippen LogP contribution in [0.25, 0.3) is 0 Å². The first kappa shape index (κ1) is 29.4. The first-order valence-corrected chi connectivity index (χ1v) is 15.8. The Morgan fingerprint density at radius 3 is 1.80 bits per heavy atom. The fraction of sp³-hybridized carbons (Fsp3) is 0.378. The maximum atomic E-state index is 12.0. The van der Waals surface area contributed by atoms with Crippen LogP contribution >= 0.6 is 0 Å². The van der Waals surface area contributed by atoms with E-state index in [9.17, 15) is 9.90 Å². The maximum Gasteiger partial charge on any atom is 0.339 e. The quantitative estimate of drug-likeness (QED) is 0.154. The Balaban J connectivity index is 1.14. The molecule has 1 N–H and O–H groups in total. The summed E-state index contributed by atoms with van der Waals surface area (Å²) < 4.78 is 9.87. The van der Waals surface area contributed by atoms with E-state index in [1.165, 1.54) is 64.5 Å². The average Bonchev–Trinajstić information content (AvgIpc) is 3.08. The zero-order chi connectivity index (χ0) is 31.1. The van der Waals surface area contributed by atoms with Crippen LogP contribution in [-0.2, 0) is 14.9 Å². The van der Waals surface area contributed by atoms with Gasteiger partial charge in [0.15, 0.2) is 6.29 Å². The van der Waals surface area contributed by atoms with Gasteiger partial charge in [0.2, 0.25) is 0 Å². The Labute approximate surface area is 264 Å². The second-order valence-electron chi connectivity index (χ2n) is 13.1. The van der Waals surface area contributed by atoms with Crippen LogP contribution in [0.5, 0.6) is 0 Å². The Morgan fingerprint density at radius 1 is 0.778 bits per heavy atom. The van der Waals surface area contributed by atoms with Gasteiger partial charge in [-0.2, -0.15) is 0 Å². The third-order valence-electron chi connectivity index (χ3n) is 10.3. The van der Waals surface area contributed by atoms with Crippen LogP contribution in [-0.4, -0.2) is 42.3 Å². The van der Waals surface area contributed by atoms with Gasteiger partial charge in [-0.1, -0.05) is 12.1 Å². The summed E-state index contributed by atoms with van der Waals surface area (Å²) in [5, 5.41) is 10.1. The highest BCUT2D eigenvalue weighted by molar-refractivity contribution is 5.89. The SMILES string of the molecule is COC(=O)c1ccc(N(c2ccc(N(C)c3ccc(C45CC6CC(CC(C6)C4)C5)cc3)cc2)c2ccc(C(O)OC)cn2)nc1. The van der Waals surface area contributed by atoms with Crippen LogP contribution in [0, 0.1) is 17.8 Å². The van der Waals surface area contributed by atoms with Crippen LogP contribution in [0.1, 0.15) is 66.3 Å². The second kappa shape index (κ2) is 11.9. The van der Waals surface area contributed by atoms with E-state index in [4.69, 9.17) is 9.47 Å². The number of aromatic nitrogens is 2. The molecule has 8 nitrogen and oxygen atoms in total. The molecule has 4 aromatic rings. The summed E-state index contributed by atoms with van der Waals surface area (Å²) in [5.41, 5.74) is 5.89. The van der Waals surface area contributed by atoms with E-state index in [2.05, 4.69) is 58.3 Å². The summed E-state index contributed by atoms with van der Waals surface area (Å²) in [4.78, 5) is 25.3. The molecule has 232 valence electrons. The number of carbonyl (C=O) groups excluding carboxylic acids is 1. The van der Waals surface area contributed by atoms with Gasteiger partial charge in [0.1, 0.15) is 11.6 Å². The van der Waals surface area contributed by atoms with Crippen molar-refractivity contribution in [1.29, 1.82) is 0 Å². The van der Waals surface area contributed by atoms with Gasteiger partial charge in [-0.05, 0) is 128 Å². The summed E-state index contributed by atoms with van der Waals surface area (Å²) in [6.07, 6.45) is 10.5. The van der Waals surface area contributed by atoms with Crippen molar-refractivity contribution in [2.24, 2.45) is 17.8 Å². The third-order valence-corrected chi connectivity index (χ3v) is 10.3. The van der Waals surface area contributed by atoms with Crippen LogP contribution in [0.2, 0.25) is 0 Å². The highest BCUT2D eigenvalue weighted by atomic mass is 16.6. The molecular weight excluding hydrogens is 564 g/mol. The number of hydrogen-bond acceptors (Lipinski definition) is 8. The van der Waals surface area contributed by atoms with E-state index in [0.717, 1.165) is 34.8 Å². The van der Waals surface area contributed by atoms with E-state index in [-0.39, 0.29) is 0 Å². The lowest BCUT2D eigenvalue weighted by Crippen LogP contribution is -2.48. The van der Waals surface area contributed by atoms with Crippen LogP contribution in [0.3, 0.4) is 0 Å². The number of hydrogen-bond donors (Lipinski definition) is 1. The zero-order valence-electron chi connectivity index (χ0n) is 26.1. The first-order valence-electron chi connectivity index (χ1n) is 15.8. The lowest BCUT2D eigenvalue weighted by atomic mass is 9.48. The number of aliphatic hydroxyl groups is 1. The highest BCUT2D eigenvalue weighted by Gasteiger charge is 2.51. The first-order chi connectivity index (χ1) is 21.9. The highest BCUT2D eigenvalue weighted by Crippen LogP contribution is 2.60. The topological polar surface area (TPSA) is 88.0 Å². The maximum absolute atomic E-state index is 12.0. The van der Waals surface area contributed by atoms with Gasteiger partial charge in [0.25, 0.3) is 0 Å². The molecule has 4 bridgehead atoms. The van der Waals surface area contributed by atoms with E-state index in [0.29, 0.717) is 28.2 Å². The molecule has 4 saturated carbocycles. The Bertz CT molecular complexity index is 1600. The minimum absolute atomic E-state index is 0.360. The van der Waals surface area contributed by atoms with Crippen molar-refractivity contribution in [3.8, 4) is 0 Å². The standard InChI is InChI=1S/C37H40N4O4/c1-40(30-8-6-29(7-9-30)37-19-24-16-25(20-37)18-26(17-24)21-37)31-10-12-32(13-11-31)41(33-14-4-27(22-38-33)35(42)44-2)34-15-5-28(23-39-34)36(43)45-3/h4-15,22-26,35,42H,16-21H2,1-3H3. The van der Waals surface area contributed by atoms with Crippen LogP contribution < -0.4 is 9.80 Å². The number of benzene rings is 2. The lowest BCUT2D eigenvalue weighted by molar-refractivity contribution is -0.0771. The molecule has 8 heteroatoms. The molecule has 45 heavy (non-hydrogen) atoms. The second-order valence-corrected chi connectivity index (χ2v) is 13.1. The smallest absolute Gasteiger partial charge is 0.339 e. The molecule has 1 atom stereocenters. The normalized spacial score (nSPS) is 23.9. The fourth-order valence-electron chi connectivity index (χ4n) is 8.43. The van der Waals surface area contributed by atoms with Gasteiger partial charge in [0, 0.05) is 49.2 Å². The Hall–Kier alpha value is -4.27. The van der Waals surface area contributed by atoms with Gasteiger partial charge >= 0.3 is 5.97 Å². The van der Waals surface area contributed by atoms with E-state index < -0.39 is 12.3 Å².